The predicted octanol–water partition coefficient (Wildman–Crippen LogP) is 3.59. The van der Waals surface area contributed by atoms with Gasteiger partial charge in [0.15, 0.2) is 0 Å². The summed E-state index contributed by atoms with van der Waals surface area (Å²) in [5.74, 6) is -0.827. The van der Waals surface area contributed by atoms with Gasteiger partial charge in [-0.2, -0.15) is 4.31 Å². The number of hydrogen-bond acceptors (Lipinski definition) is 7. The smallest absolute Gasteiger partial charge is 0.404 e. The Balaban J connectivity index is 1.19. The molecule has 2 fully saturated rings. The topological polar surface area (TPSA) is 203 Å². The number of aromatic amines is 2. The number of carbonyl (C=O) groups excluding carboxylic acids is 2. The zero-order valence-electron chi connectivity index (χ0n) is 28.2. The van der Waals surface area contributed by atoms with E-state index in [1.807, 2.05) is 31.2 Å². The van der Waals surface area contributed by atoms with E-state index in [9.17, 15) is 27.6 Å². The fraction of sp³-hybridized carbons (Fsp3) is 0.389. The van der Waals surface area contributed by atoms with Gasteiger partial charge in [0, 0.05) is 37.7 Å². The lowest BCUT2D eigenvalue weighted by Gasteiger charge is -2.29. The van der Waals surface area contributed by atoms with Crippen molar-refractivity contribution in [3.05, 3.63) is 82.1 Å². The van der Waals surface area contributed by atoms with Gasteiger partial charge in [-0.25, -0.2) is 13.2 Å². The van der Waals surface area contributed by atoms with Crippen LogP contribution in [0.25, 0.3) is 22.0 Å². The van der Waals surface area contributed by atoms with Gasteiger partial charge in [-0.15, -0.1) is 0 Å². The molecule has 0 radical (unpaired) electrons. The van der Waals surface area contributed by atoms with Gasteiger partial charge in [-0.3, -0.25) is 24.6 Å². The molecule has 2 aliphatic rings. The summed E-state index contributed by atoms with van der Waals surface area (Å²) < 4.78 is 33.5. The molecular weight excluding hydrogens is 676 g/mol. The van der Waals surface area contributed by atoms with E-state index >= 15 is 0 Å². The molecule has 51 heavy (non-hydrogen) atoms. The molecule has 6 rings (SSSR count). The van der Waals surface area contributed by atoms with Gasteiger partial charge < -0.3 is 25.8 Å². The lowest BCUT2D eigenvalue weighted by atomic mass is 9.81. The van der Waals surface area contributed by atoms with E-state index in [1.165, 1.54) is 4.31 Å². The van der Waals surface area contributed by atoms with Crippen LogP contribution >= 0.6 is 0 Å². The minimum atomic E-state index is -3.69. The van der Waals surface area contributed by atoms with E-state index in [4.69, 9.17) is 9.84 Å². The van der Waals surface area contributed by atoms with Crippen LogP contribution in [0.4, 0.5) is 10.5 Å². The first kappa shape index (κ1) is 35.8. The average Bonchev–Trinajstić information content (AvgIpc) is 3.50. The zero-order valence-corrected chi connectivity index (χ0v) is 29.1. The number of benzene rings is 3. The van der Waals surface area contributed by atoms with Crippen LogP contribution in [-0.4, -0.2) is 84.8 Å². The van der Waals surface area contributed by atoms with Gasteiger partial charge in [0.05, 0.1) is 29.0 Å². The van der Waals surface area contributed by atoms with Crippen molar-refractivity contribution >= 4 is 44.5 Å². The Kier molecular flexibility index (Phi) is 10.9. The minimum Gasteiger partial charge on any atom is -0.465 e. The van der Waals surface area contributed by atoms with Gasteiger partial charge in [-0.1, -0.05) is 30.3 Å². The molecule has 1 aromatic heterocycles. The number of rotatable bonds is 11. The molecule has 3 aromatic carbocycles. The van der Waals surface area contributed by atoms with E-state index in [1.54, 1.807) is 36.4 Å². The normalized spacial score (nSPS) is 18.9. The predicted molar refractivity (Wildman–Crippen MR) is 191 cm³/mol. The molecule has 15 heteroatoms. The summed E-state index contributed by atoms with van der Waals surface area (Å²) in [5.41, 5.74) is 3.97. The summed E-state index contributed by atoms with van der Waals surface area (Å²) in [4.78, 5) is 50.3. The van der Waals surface area contributed by atoms with Crippen molar-refractivity contribution in [1.82, 2.24) is 25.1 Å². The summed E-state index contributed by atoms with van der Waals surface area (Å²) in [6, 6.07) is 16.5. The Morgan fingerprint density at radius 2 is 1.69 bits per heavy atom. The van der Waals surface area contributed by atoms with Gasteiger partial charge in [-0.05, 0) is 91.1 Å². The van der Waals surface area contributed by atoms with Crippen molar-refractivity contribution < 1.29 is 32.6 Å². The number of carboxylic acid groups (broad SMARTS) is 1. The second kappa shape index (κ2) is 15.5. The van der Waals surface area contributed by atoms with Gasteiger partial charge in [0.2, 0.25) is 21.8 Å². The Morgan fingerprint density at radius 1 is 0.961 bits per heavy atom. The average molecular weight is 719 g/mol. The highest BCUT2D eigenvalue weighted by molar-refractivity contribution is 7.89. The fourth-order valence-corrected chi connectivity index (χ4v) is 8.20. The molecule has 0 unspecified atom stereocenters. The highest BCUT2D eigenvalue weighted by atomic mass is 32.2. The van der Waals surface area contributed by atoms with E-state index in [2.05, 4.69) is 26.1 Å². The maximum absolute atomic E-state index is 13.7. The Morgan fingerprint density at radius 3 is 2.39 bits per heavy atom. The molecule has 1 saturated carbocycles. The fourth-order valence-electron chi connectivity index (χ4n) is 6.77. The van der Waals surface area contributed by atoms with E-state index in [-0.39, 0.29) is 34.6 Å². The number of morpholine rings is 1. The summed E-state index contributed by atoms with van der Waals surface area (Å²) >= 11 is 0. The SMILES string of the molecule is Cc1ccc(S(=O)(=O)N2CCOCC2)cc1-c1ccc(C[C@H](NC(=O)[C@H]2CC[C@H](CNC(=O)O)CC2)C(=O)Nc2ccc3c(=O)[nH][nH]c3c2)cc1. The summed E-state index contributed by atoms with van der Waals surface area (Å²) in [6.45, 7) is 3.58. The number of nitrogens with one attached hydrogen (secondary N) is 5. The molecule has 1 aliphatic heterocycles. The molecule has 3 amide bonds. The van der Waals surface area contributed by atoms with Crippen LogP contribution in [0, 0.1) is 18.8 Å². The van der Waals surface area contributed by atoms with Crippen molar-refractivity contribution in [2.24, 2.45) is 11.8 Å². The second-order valence-corrected chi connectivity index (χ2v) is 15.1. The summed E-state index contributed by atoms with van der Waals surface area (Å²) in [6.07, 6.45) is 1.67. The number of hydrogen-bond donors (Lipinski definition) is 6. The number of H-pyrrole nitrogens is 2. The quantitative estimate of drug-likeness (QED) is 0.135. The van der Waals surface area contributed by atoms with Crippen LogP contribution < -0.4 is 21.5 Å². The van der Waals surface area contributed by atoms with Crippen molar-refractivity contribution in [3.8, 4) is 11.1 Å². The number of sulfonamides is 1. The van der Waals surface area contributed by atoms with E-state index in [0.717, 1.165) is 22.3 Å². The van der Waals surface area contributed by atoms with Crippen LogP contribution in [0.1, 0.15) is 36.8 Å². The first-order chi connectivity index (χ1) is 24.5. The van der Waals surface area contributed by atoms with Gasteiger partial charge in [0.1, 0.15) is 6.04 Å². The molecule has 1 saturated heterocycles. The van der Waals surface area contributed by atoms with Gasteiger partial charge >= 0.3 is 6.09 Å². The molecule has 1 atom stereocenters. The van der Waals surface area contributed by atoms with Crippen LogP contribution in [0.5, 0.6) is 0 Å². The first-order valence-electron chi connectivity index (χ1n) is 17.0. The summed E-state index contributed by atoms with van der Waals surface area (Å²) in [5, 5.41) is 22.9. The van der Waals surface area contributed by atoms with Crippen LogP contribution in [0.3, 0.4) is 0 Å². The van der Waals surface area contributed by atoms with Gasteiger partial charge in [0.25, 0.3) is 5.56 Å². The largest absolute Gasteiger partial charge is 0.465 e. The van der Waals surface area contributed by atoms with Crippen molar-refractivity contribution in [1.29, 1.82) is 0 Å². The minimum absolute atomic E-state index is 0.154. The number of nitrogens with zero attached hydrogens (tertiary/aromatic N) is 1. The molecule has 2 heterocycles. The monoisotopic (exact) mass is 718 g/mol. The molecule has 6 N–H and O–H groups in total. The maximum Gasteiger partial charge on any atom is 0.404 e. The van der Waals surface area contributed by atoms with E-state index < -0.39 is 28.1 Å². The maximum atomic E-state index is 13.7. The van der Waals surface area contributed by atoms with Crippen LogP contribution in [-0.2, 0) is 30.8 Å². The number of anilines is 1. The third kappa shape index (κ3) is 8.49. The van der Waals surface area contributed by atoms with Crippen molar-refractivity contribution in [3.63, 3.8) is 0 Å². The van der Waals surface area contributed by atoms with Crippen molar-refractivity contribution in [2.45, 2.75) is 50.0 Å². The lowest BCUT2D eigenvalue weighted by molar-refractivity contribution is -0.130. The Labute approximate surface area is 295 Å². The molecule has 14 nitrogen and oxygen atoms in total. The number of aromatic nitrogens is 2. The lowest BCUT2D eigenvalue weighted by Crippen LogP contribution is -2.48. The zero-order chi connectivity index (χ0) is 36.1. The number of aryl methyl sites for hydroxylation is 1. The third-order valence-electron chi connectivity index (χ3n) is 9.76. The highest BCUT2D eigenvalue weighted by Gasteiger charge is 2.30. The number of ether oxygens (including phenoxy) is 1. The molecule has 270 valence electrons. The van der Waals surface area contributed by atoms with Crippen LogP contribution in [0.2, 0.25) is 0 Å². The standard InChI is InChI=1S/C36H42N6O8S/c1-22-2-12-28(51(48,49)42-14-16-50-17-15-42)20-30(22)25-7-3-23(4-8-25)18-32(35(45)38-27-11-13-29-31(19-27)40-41-34(29)44)39-33(43)26-9-5-24(6-10-26)21-37-36(46)47/h2-4,7-8,11-13,19-20,24,26,32,37H,5-6,9-10,14-18,21H2,1H3,(H,38,45)(H,39,43)(H,46,47)(H2,40,41,44)/t24-,26-,32-/m0/s1. The Hall–Kier alpha value is -4.99. The molecule has 0 spiro atoms. The third-order valence-corrected chi connectivity index (χ3v) is 11.7. The molecule has 0 bridgehead atoms. The second-order valence-electron chi connectivity index (χ2n) is 13.2. The molecule has 4 aromatic rings. The molecular formula is C36H42N6O8S. The van der Waals surface area contributed by atoms with Crippen molar-refractivity contribution in [2.75, 3.05) is 38.2 Å². The summed E-state index contributed by atoms with van der Waals surface area (Å²) in [7, 11) is -3.69. The van der Waals surface area contributed by atoms with Crippen LogP contribution in [0.15, 0.2) is 70.4 Å². The number of carbonyl (C=O) groups is 3. The number of fused-ring (bicyclic) bond motifs is 1. The Bertz CT molecular complexity index is 2060. The molecule has 1 aliphatic carbocycles. The van der Waals surface area contributed by atoms with E-state index in [0.29, 0.717) is 75.1 Å². The first-order valence-corrected chi connectivity index (χ1v) is 18.5. The number of amides is 3. The highest BCUT2D eigenvalue weighted by Crippen LogP contribution is 2.30.